The fourth-order valence-electron chi connectivity index (χ4n) is 2.39. The Morgan fingerprint density at radius 2 is 2.27 bits per heavy atom. The van der Waals surface area contributed by atoms with Crippen LogP contribution >= 0.6 is 15.9 Å². The van der Waals surface area contributed by atoms with Crippen LogP contribution in [0.25, 0.3) is 0 Å². The van der Waals surface area contributed by atoms with Crippen LogP contribution in [0.15, 0.2) is 28.7 Å². The average Bonchev–Trinajstić information content (AvgIpc) is 2.18. The highest BCUT2D eigenvalue weighted by Gasteiger charge is 2.45. The minimum absolute atomic E-state index is 0.204. The van der Waals surface area contributed by atoms with Gasteiger partial charge in [0.05, 0.1) is 11.5 Å². The van der Waals surface area contributed by atoms with Gasteiger partial charge in [-0.2, -0.15) is 5.26 Å². The first kappa shape index (κ1) is 10.7. The molecule has 1 aromatic rings. The zero-order chi connectivity index (χ0) is 10.9. The van der Waals surface area contributed by atoms with Crippen molar-refractivity contribution in [1.29, 1.82) is 5.26 Å². The fourth-order valence-corrected chi connectivity index (χ4v) is 2.79. The molecule has 1 nitrogen and oxygen atoms in total. The van der Waals surface area contributed by atoms with Gasteiger partial charge in [-0.25, -0.2) is 0 Å². The van der Waals surface area contributed by atoms with Gasteiger partial charge in [-0.1, -0.05) is 41.4 Å². The van der Waals surface area contributed by atoms with E-state index in [4.69, 9.17) is 0 Å². The molecule has 0 aromatic heterocycles. The summed E-state index contributed by atoms with van der Waals surface area (Å²) < 4.78 is 1.06. The van der Waals surface area contributed by atoms with Crippen molar-refractivity contribution in [3.05, 3.63) is 34.3 Å². The zero-order valence-corrected chi connectivity index (χ0v) is 10.4. The second kappa shape index (κ2) is 3.98. The van der Waals surface area contributed by atoms with E-state index < -0.39 is 0 Å². The molecule has 0 amide bonds. The number of hydrogen-bond acceptors (Lipinski definition) is 1. The van der Waals surface area contributed by atoms with Crippen LogP contribution in [0.4, 0.5) is 0 Å². The van der Waals surface area contributed by atoms with Gasteiger partial charge in [0.25, 0.3) is 0 Å². The van der Waals surface area contributed by atoms with E-state index in [1.165, 1.54) is 12.0 Å². The normalized spacial score (nSPS) is 29.3. The molecule has 1 saturated carbocycles. The SMILES string of the molecule is CCC1CC(C#N)(c2cccc(Br)c2)C1. The number of rotatable bonds is 2. The van der Waals surface area contributed by atoms with E-state index in [2.05, 4.69) is 41.1 Å². The summed E-state index contributed by atoms with van der Waals surface area (Å²) in [4.78, 5) is 0. The van der Waals surface area contributed by atoms with Crippen LogP contribution in [0.1, 0.15) is 31.7 Å². The molecule has 0 aliphatic heterocycles. The maximum absolute atomic E-state index is 9.33. The Morgan fingerprint density at radius 1 is 1.53 bits per heavy atom. The monoisotopic (exact) mass is 263 g/mol. The molecule has 0 spiro atoms. The van der Waals surface area contributed by atoms with Gasteiger partial charge < -0.3 is 0 Å². The molecule has 0 N–H and O–H groups in total. The summed E-state index contributed by atoms with van der Waals surface area (Å²) in [5.41, 5.74) is 0.967. The van der Waals surface area contributed by atoms with E-state index in [9.17, 15) is 5.26 Å². The molecule has 15 heavy (non-hydrogen) atoms. The standard InChI is InChI=1S/C13H14BrN/c1-2-10-7-13(8-10,9-15)11-4-3-5-12(14)6-11/h3-6,10H,2,7-8H2,1H3. The molecule has 2 rings (SSSR count). The molecular formula is C13H14BrN. The van der Waals surface area contributed by atoms with Gasteiger partial charge in [0.15, 0.2) is 0 Å². The number of benzene rings is 1. The zero-order valence-electron chi connectivity index (χ0n) is 8.83. The predicted molar refractivity (Wildman–Crippen MR) is 64.4 cm³/mol. The summed E-state index contributed by atoms with van der Waals surface area (Å²) in [6, 6.07) is 10.7. The second-order valence-electron chi connectivity index (χ2n) is 4.39. The third-order valence-electron chi connectivity index (χ3n) is 3.44. The maximum atomic E-state index is 9.33. The topological polar surface area (TPSA) is 23.8 Å². The van der Waals surface area contributed by atoms with Crippen molar-refractivity contribution in [3.63, 3.8) is 0 Å². The van der Waals surface area contributed by atoms with Crippen molar-refractivity contribution >= 4 is 15.9 Å². The van der Waals surface area contributed by atoms with E-state index in [0.717, 1.165) is 23.2 Å². The van der Waals surface area contributed by atoms with Crippen LogP contribution in [-0.2, 0) is 5.41 Å². The van der Waals surface area contributed by atoms with Crippen molar-refractivity contribution < 1.29 is 0 Å². The average molecular weight is 264 g/mol. The Bertz CT molecular complexity index is 399. The van der Waals surface area contributed by atoms with Crippen molar-refractivity contribution in [2.45, 2.75) is 31.6 Å². The summed E-state index contributed by atoms with van der Waals surface area (Å²) in [5, 5.41) is 9.33. The number of nitriles is 1. The van der Waals surface area contributed by atoms with Crippen LogP contribution in [-0.4, -0.2) is 0 Å². The molecule has 0 atom stereocenters. The molecule has 0 heterocycles. The molecular weight excluding hydrogens is 250 g/mol. The third-order valence-corrected chi connectivity index (χ3v) is 3.94. The lowest BCUT2D eigenvalue weighted by molar-refractivity contribution is 0.192. The largest absolute Gasteiger partial charge is 0.197 e. The Labute approximate surface area is 99.2 Å². The summed E-state index contributed by atoms with van der Waals surface area (Å²) in [6.45, 7) is 2.20. The Kier molecular flexibility index (Phi) is 2.84. The molecule has 1 aromatic carbocycles. The van der Waals surface area contributed by atoms with Crippen LogP contribution in [0.3, 0.4) is 0 Å². The lowest BCUT2D eigenvalue weighted by Gasteiger charge is -2.42. The van der Waals surface area contributed by atoms with Crippen molar-refractivity contribution in [2.75, 3.05) is 0 Å². The molecule has 2 heteroatoms. The van der Waals surface area contributed by atoms with Gasteiger partial charge in [-0.15, -0.1) is 0 Å². The predicted octanol–water partition coefficient (Wildman–Crippen LogP) is 4.03. The summed E-state index contributed by atoms with van der Waals surface area (Å²) in [5.74, 6) is 0.739. The maximum Gasteiger partial charge on any atom is 0.0828 e. The molecule has 0 bridgehead atoms. The van der Waals surface area contributed by atoms with Gasteiger partial charge in [-0.3, -0.25) is 0 Å². The van der Waals surface area contributed by atoms with Crippen LogP contribution < -0.4 is 0 Å². The molecule has 1 fully saturated rings. The molecule has 78 valence electrons. The molecule has 1 aliphatic carbocycles. The minimum atomic E-state index is -0.204. The van der Waals surface area contributed by atoms with E-state index in [1.807, 2.05) is 12.1 Å². The number of nitrogens with zero attached hydrogens (tertiary/aromatic N) is 1. The van der Waals surface area contributed by atoms with Gasteiger partial charge in [0.1, 0.15) is 0 Å². The quantitative estimate of drug-likeness (QED) is 0.791. The minimum Gasteiger partial charge on any atom is -0.197 e. The Morgan fingerprint density at radius 3 is 2.80 bits per heavy atom. The highest BCUT2D eigenvalue weighted by atomic mass is 79.9. The van der Waals surface area contributed by atoms with Gasteiger partial charge in [-0.05, 0) is 36.5 Å². The van der Waals surface area contributed by atoms with Gasteiger partial charge in [0.2, 0.25) is 0 Å². The van der Waals surface area contributed by atoms with Crippen molar-refractivity contribution in [3.8, 4) is 6.07 Å². The summed E-state index contributed by atoms with van der Waals surface area (Å²) >= 11 is 3.46. The molecule has 1 aliphatic rings. The highest BCUT2D eigenvalue weighted by molar-refractivity contribution is 9.10. The smallest absolute Gasteiger partial charge is 0.0828 e. The van der Waals surface area contributed by atoms with Crippen LogP contribution in [0.5, 0.6) is 0 Å². The van der Waals surface area contributed by atoms with E-state index in [1.54, 1.807) is 0 Å². The third kappa shape index (κ3) is 1.81. The molecule has 0 radical (unpaired) electrons. The highest BCUT2D eigenvalue weighted by Crippen LogP contribution is 2.48. The van der Waals surface area contributed by atoms with E-state index in [-0.39, 0.29) is 5.41 Å². The van der Waals surface area contributed by atoms with Crippen molar-refractivity contribution in [1.82, 2.24) is 0 Å². The van der Waals surface area contributed by atoms with Gasteiger partial charge >= 0.3 is 0 Å². The molecule has 0 unspecified atom stereocenters. The molecule has 0 saturated heterocycles. The Hall–Kier alpha value is -0.810. The van der Waals surface area contributed by atoms with E-state index >= 15 is 0 Å². The van der Waals surface area contributed by atoms with E-state index in [0.29, 0.717) is 0 Å². The lowest BCUT2D eigenvalue weighted by Crippen LogP contribution is -2.39. The summed E-state index contributed by atoms with van der Waals surface area (Å²) in [7, 11) is 0. The van der Waals surface area contributed by atoms with Crippen LogP contribution in [0.2, 0.25) is 0 Å². The number of halogens is 1. The lowest BCUT2D eigenvalue weighted by atomic mass is 9.59. The first-order valence-electron chi connectivity index (χ1n) is 5.37. The Balaban J connectivity index is 2.26. The number of hydrogen-bond donors (Lipinski definition) is 0. The second-order valence-corrected chi connectivity index (χ2v) is 5.30. The summed E-state index contributed by atoms with van der Waals surface area (Å²) in [6.07, 6.45) is 3.24. The first-order chi connectivity index (χ1) is 7.20. The van der Waals surface area contributed by atoms with Crippen molar-refractivity contribution in [2.24, 2.45) is 5.92 Å². The fraction of sp³-hybridized carbons (Fsp3) is 0.462. The first-order valence-corrected chi connectivity index (χ1v) is 6.17. The van der Waals surface area contributed by atoms with Gasteiger partial charge in [0, 0.05) is 4.47 Å². The van der Waals surface area contributed by atoms with Crippen LogP contribution in [0, 0.1) is 17.2 Å².